The van der Waals surface area contributed by atoms with Gasteiger partial charge in [-0.2, -0.15) is 5.10 Å². The number of rotatable bonds is 5. The summed E-state index contributed by atoms with van der Waals surface area (Å²) >= 11 is 0. The van der Waals surface area contributed by atoms with Crippen LogP contribution in [0.5, 0.6) is 0 Å². The zero-order valence-electron chi connectivity index (χ0n) is 14.2. The van der Waals surface area contributed by atoms with Crippen molar-refractivity contribution in [2.75, 3.05) is 38.1 Å². The summed E-state index contributed by atoms with van der Waals surface area (Å²) in [6.07, 6.45) is 5.28. The fraction of sp³-hybridized carbons (Fsp3) is 0.471. The summed E-state index contributed by atoms with van der Waals surface area (Å²) in [6.45, 7) is 6.39. The van der Waals surface area contributed by atoms with Crippen molar-refractivity contribution in [1.82, 2.24) is 25.0 Å². The lowest BCUT2D eigenvalue weighted by Crippen LogP contribution is -2.44. The number of nitrogens with one attached hydrogen (secondary N) is 1. The van der Waals surface area contributed by atoms with E-state index in [1.54, 1.807) is 17.1 Å². The van der Waals surface area contributed by atoms with Crippen molar-refractivity contribution in [1.29, 1.82) is 0 Å². The SMILES string of the molecule is C[C@H](C(=O)NCc1ccnc(N2CCN(C)CC2)c1)n1cccn1. The van der Waals surface area contributed by atoms with Crippen molar-refractivity contribution in [3.63, 3.8) is 0 Å². The molecule has 7 heteroatoms. The fourth-order valence-corrected chi connectivity index (χ4v) is 2.75. The Labute approximate surface area is 142 Å². The number of anilines is 1. The molecule has 1 aliphatic heterocycles. The number of hydrogen-bond donors (Lipinski definition) is 1. The lowest BCUT2D eigenvalue weighted by Gasteiger charge is -2.33. The standard InChI is InChI=1S/C17H24N6O/c1-14(23-7-3-5-20-23)17(24)19-13-15-4-6-18-16(12-15)22-10-8-21(2)9-11-22/h3-7,12,14H,8-11,13H2,1-2H3,(H,19,24)/t14-/m1/s1. The molecule has 0 bridgehead atoms. The van der Waals surface area contributed by atoms with Gasteiger partial charge in [-0.25, -0.2) is 4.98 Å². The summed E-state index contributed by atoms with van der Waals surface area (Å²) < 4.78 is 1.65. The number of nitrogens with zero attached hydrogens (tertiary/aromatic N) is 5. The van der Waals surface area contributed by atoms with E-state index >= 15 is 0 Å². The second-order valence-corrected chi connectivity index (χ2v) is 6.19. The van der Waals surface area contributed by atoms with Crippen LogP contribution in [-0.4, -0.2) is 58.8 Å². The molecule has 0 saturated carbocycles. The van der Waals surface area contributed by atoms with Crippen LogP contribution in [0.15, 0.2) is 36.8 Å². The molecule has 1 aliphatic rings. The Bertz CT molecular complexity index is 663. The Morgan fingerprint density at radius 1 is 1.29 bits per heavy atom. The molecule has 0 radical (unpaired) electrons. The van der Waals surface area contributed by atoms with E-state index in [0.717, 1.165) is 37.6 Å². The van der Waals surface area contributed by atoms with E-state index in [4.69, 9.17) is 0 Å². The highest BCUT2D eigenvalue weighted by Gasteiger charge is 2.17. The van der Waals surface area contributed by atoms with Crippen molar-refractivity contribution < 1.29 is 4.79 Å². The molecule has 0 aromatic carbocycles. The average molecular weight is 328 g/mol. The summed E-state index contributed by atoms with van der Waals surface area (Å²) in [5.41, 5.74) is 1.06. The molecule has 1 amide bonds. The minimum absolute atomic E-state index is 0.0448. The second kappa shape index (κ2) is 7.44. The first kappa shape index (κ1) is 16.4. The highest BCUT2D eigenvalue weighted by Crippen LogP contribution is 2.15. The largest absolute Gasteiger partial charge is 0.354 e. The second-order valence-electron chi connectivity index (χ2n) is 6.19. The summed E-state index contributed by atoms with van der Waals surface area (Å²) in [4.78, 5) is 21.3. The van der Waals surface area contributed by atoms with Gasteiger partial charge in [0.1, 0.15) is 11.9 Å². The molecule has 3 heterocycles. The van der Waals surface area contributed by atoms with Gasteiger partial charge in [-0.05, 0) is 37.7 Å². The van der Waals surface area contributed by atoms with Gasteiger partial charge in [-0.1, -0.05) is 0 Å². The molecule has 128 valence electrons. The van der Waals surface area contributed by atoms with Crippen molar-refractivity contribution >= 4 is 11.7 Å². The molecule has 2 aromatic rings. The molecule has 3 rings (SSSR count). The lowest BCUT2D eigenvalue weighted by molar-refractivity contribution is -0.124. The molecule has 7 nitrogen and oxygen atoms in total. The number of carbonyl (C=O) groups excluding carboxylic acids is 1. The fourth-order valence-electron chi connectivity index (χ4n) is 2.75. The molecular formula is C17H24N6O. The highest BCUT2D eigenvalue weighted by atomic mass is 16.2. The van der Waals surface area contributed by atoms with Crippen molar-refractivity contribution in [2.45, 2.75) is 19.5 Å². The van der Waals surface area contributed by atoms with Crippen LogP contribution in [0.2, 0.25) is 0 Å². The van der Waals surface area contributed by atoms with Gasteiger partial charge >= 0.3 is 0 Å². The first-order valence-electron chi connectivity index (χ1n) is 8.29. The smallest absolute Gasteiger partial charge is 0.244 e. The molecule has 1 saturated heterocycles. The summed E-state index contributed by atoms with van der Waals surface area (Å²) in [5.74, 6) is 0.937. The van der Waals surface area contributed by atoms with Gasteiger partial charge in [0.2, 0.25) is 5.91 Å². The zero-order chi connectivity index (χ0) is 16.9. The lowest BCUT2D eigenvalue weighted by atomic mass is 10.2. The van der Waals surface area contributed by atoms with Crippen LogP contribution in [-0.2, 0) is 11.3 Å². The minimum Gasteiger partial charge on any atom is -0.354 e. The monoisotopic (exact) mass is 328 g/mol. The Kier molecular flexibility index (Phi) is 5.10. The normalized spacial score (nSPS) is 16.8. The Morgan fingerprint density at radius 3 is 2.79 bits per heavy atom. The van der Waals surface area contributed by atoms with Crippen LogP contribution in [0, 0.1) is 0 Å². The first-order chi connectivity index (χ1) is 11.6. The van der Waals surface area contributed by atoms with Gasteiger partial charge in [-0.3, -0.25) is 9.48 Å². The van der Waals surface area contributed by atoms with Gasteiger partial charge in [0.25, 0.3) is 0 Å². The number of hydrogen-bond acceptors (Lipinski definition) is 5. The molecule has 2 aromatic heterocycles. The van der Waals surface area contributed by atoms with Crippen molar-refractivity contribution in [2.24, 2.45) is 0 Å². The Morgan fingerprint density at radius 2 is 2.08 bits per heavy atom. The molecule has 1 atom stereocenters. The quantitative estimate of drug-likeness (QED) is 0.884. The average Bonchev–Trinajstić information content (AvgIpc) is 3.14. The number of aromatic nitrogens is 3. The van der Waals surface area contributed by atoms with Crippen molar-refractivity contribution in [3.05, 3.63) is 42.4 Å². The maximum absolute atomic E-state index is 12.2. The zero-order valence-corrected chi connectivity index (χ0v) is 14.2. The van der Waals surface area contributed by atoms with E-state index in [1.807, 2.05) is 25.3 Å². The molecular weight excluding hydrogens is 304 g/mol. The molecule has 1 N–H and O–H groups in total. The number of piperazine rings is 1. The van der Waals surface area contributed by atoms with Gasteiger partial charge in [-0.15, -0.1) is 0 Å². The maximum Gasteiger partial charge on any atom is 0.244 e. The highest BCUT2D eigenvalue weighted by molar-refractivity contribution is 5.79. The van der Waals surface area contributed by atoms with Gasteiger partial charge in [0, 0.05) is 51.3 Å². The van der Waals surface area contributed by atoms with E-state index in [9.17, 15) is 4.79 Å². The molecule has 1 fully saturated rings. The molecule has 0 spiro atoms. The summed E-state index contributed by atoms with van der Waals surface area (Å²) in [7, 11) is 2.14. The number of carbonyl (C=O) groups is 1. The predicted octanol–water partition coefficient (Wildman–Crippen LogP) is 0.907. The third-order valence-corrected chi connectivity index (χ3v) is 4.41. The van der Waals surface area contributed by atoms with E-state index in [1.165, 1.54) is 0 Å². The topological polar surface area (TPSA) is 66.3 Å². The van der Waals surface area contributed by atoms with Gasteiger partial charge < -0.3 is 15.1 Å². The van der Waals surface area contributed by atoms with Gasteiger partial charge in [0.15, 0.2) is 0 Å². The number of pyridine rings is 1. The molecule has 0 unspecified atom stereocenters. The van der Waals surface area contributed by atoms with Crippen LogP contribution < -0.4 is 10.2 Å². The van der Waals surface area contributed by atoms with E-state index in [0.29, 0.717) is 6.54 Å². The van der Waals surface area contributed by atoms with Gasteiger partial charge in [0.05, 0.1) is 0 Å². The van der Waals surface area contributed by atoms with Crippen LogP contribution in [0.25, 0.3) is 0 Å². The third-order valence-electron chi connectivity index (χ3n) is 4.41. The van der Waals surface area contributed by atoms with E-state index < -0.39 is 0 Å². The Balaban J connectivity index is 1.57. The third kappa shape index (κ3) is 3.91. The molecule has 0 aliphatic carbocycles. The summed E-state index contributed by atoms with van der Waals surface area (Å²) in [6, 6.07) is 5.50. The van der Waals surface area contributed by atoms with Crippen LogP contribution in [0.3, 0.4) is 0 Å². The number of likely N-dealkylation sites (N-methyl/N-ethyl adjacent to an activating group) is 1. The minimum atomic E-state index is -0.320. The maximum atomic E-state index is 12.2. The predicted molar refractivity (Wildman–Crippen MR) is 92.7 cm³/mol. The van der Waals surface area contributed by atoms with E-state index in [2.05, 4.69) is 38.3 Å². The van der Waals surface area contributed by atoms with E-state index in [-0.39, 0.29) is 11.9 Å². The van der Waals surface area contributed by atoms with Crippen LogP contribution >= 0.6 is 0 Å². The number of amides is 1. The Hall–Kier alpha value is -2.41. The van der Waals surface area contributed by atoms with Crippen molar-refractivity contribution in [3.8, 4) is 0 Å². The van der Waals surface area contributed by atoms with Crippen LogP contribution in [0.4, 0.5) is 5.82 Å². The first-order valence-corrected chi connectivity index (χ1v) is 8.29. The summed E-state index contributed by atoms with van der Waals surface area (Å²) in [5, 5.41) is 7.08. The van der Waals surface area contributed by atoms with Crippen LogP contribution in [0.1, 0.15) is 18.5 Å². The molecule has 24 heavy (non-hydrogen) atoms.